The van der Waals surface area contributed by atoms with Gasteiger partial charge in [-0.3, -0.25) is 4.79 Å². The van der Waals surface area contributed by atoms with Crippen molar-refractivity contribution in [1.82, 2.24) is 24.6 Å². The molecule has 1 fully saturated rings. The minimum Gasteiger partial charge on any atom is -0.356 e. The molecular weight excluding hydrogens is 354 g/mol. The number of fused-ring (bicyclic) bond motifs is 1. The summed E-state index contributed by atoms with van der Waals surface area (Å²) in [4.78, 5) is 12.2. The van der Waals surface area contributed by atoms with Crippen molar-refractivity contribution in [2.24, 2.45) is 5.92 Å². The summed E-state index contributed by atoms with van der Waals surface area (Å²) >= 11 is 0. The van der Waals surface area contributed by atoms with E-state index in [-0.39, 0.29) is 16.7 Å². The lowest BCUT2D eigenvalue weighted by Gasteiger charge is -2.30. The summed E-state index contributed by atoms with van der Waals surface area (Å²) in [5.74, 6) is -0.101. The number of aryl methyl sites for hydroxylation is 1. The summed E-state index contributed by atoms with van der Waals surface area (Å²) in [5, 5.41) is 11.0. The summed E-state index contributed by atoms with van der Waals surface area (Å²) in [5.41, 5.74) is 1.41. The molecule has 1 saturated heterocycles. The van der Waals surface area contributed by atoms with Crippen LogP contribution in [0.25, 0.3) is 11.0 Å². The molecule has 26 heavy (non-hydrogen) atoms. The molecule has 3 rings (SSSR count). The second-order valence-corrected chi connectivity index (χ2v) is 8.47. The molecule has 2 heterocycles. The summed E-state index contributed by atoms with van der Waals surface area (Å²) < 4.78 is 29.1. The molecule has 0 bridgehead atoms. The minimum atomic E-state index is -3.59. The Balaban J connectivity index is 1.76. The quantitative estimate of drug-likeness (QED) is 0.818. The fourth-order valence-electron chi connectivity index (χ4n) is 3.32. The van der Waals surface area contributed by atoms with E-state index >= 15 is 0 Å². The molecule has 1 aromatic heterocycles. The second kappa shape index (κ2) is 7.71. The van der Waals surface area contributed by atoms with Crippen molar-refractivity contribution >= 4 is 27.0 Å². The SMILES string of the molecule is CCCn1nnc2cc(S(=O)(=O)N3CCC(C(=O)NCC)CC3)ccc21. The number of hydrogen-bond acceptors (Lipinski definition) is 5. The zero-order chi connectivity index (χ0) is 18.7. The molecule has 0 saturated carbocycles. The average molecular weight is 379 g/mol. The Morgan fingerprint density at radius 1 is 1.27 bits per heavy atom. The highest BCUT2D eigenvalue weighted by Gasteiger charge is 2.32. The molecule has 8 nitrogen and oxygen atoms in total. The second-order valence-electron chi connectivity index (χ2n) is 6.54. The van der Waals surface area contributed by atoms with E-state index in [0.717, 1.165) is 18.5 Å². The van der Waals surface area contributed by atoms with Crippen molar-refractivity contribution < 1.29 is 13.2 Å². The van der Waals surface area contributed by atoms with Gasteiger partial charge in [-0.1, -0.05) is 12.1 Å². The summed E-state index contributed by atoms with van der Waals surface area (Å²) in [6.45, 7) is 5.97. The van der Waals surface area contributed by atoms with Crippen LogP contribution in [0.15, 0.2) is 23.1 Å². The molecule has 9 heteroatoms. The fraction of sp³-hybridized carbons (Fsp3) is 0.588. The third kappa shape index (κ3) is 3.59. The fourth-order valence-corrected chi connectivity index (χ4v) is 4.81. The van der Waals surface area contributed by atoms with Gasteiger partial charge in [0.05, 0.1) is 10.4 Å². The maximum Gasteiger partial charge on any atom is 0.243 e. The van der Waals surface area contributed by atoms with E-state index in [1.807, 2.05) is 6.92 Å². The Morgan fingerprint density at radius 2 is 2.00 bits per heavy atom. The van der Waals surface area contributed by atoms with E-state index in [1.165, 1.54) is 4.31 Å². The smallest absolute Gasteiger partial charge is 0.243 e. The number of rotatable bonds is 6. The highest BCUT2D eigenvalue weighted by atomic mass is 32.2. The van der Waals surface area contributed by atoms with Crippen molar-refractivity contribution in [1.29, 1.82) is 0 Å². The van der Waals surface area contributed by atoms with Crippen LogP contribution in [0.1, 0.15) is 33.1 Å². The first kappa shape index (κ1) is 18.8. The Labute approximate surface area is 153 Å². The number of piperidine rings is 1. The molecule has 1 N–H and O–H groups in total. The van der Waals surface area contributed by atoms with Gasteiger partial charge in [0.1, 0.15) is 5.52 Å². The number of carbonyl (C=O) groups is 1. The number of amides is 1. The van der Waals surface area contributed by atoms with Crippen LogP contribution in [0.2, 0.25) is 0 Å². The van der Waals surface area contributed by atoms with E-state index in [4.69, 9.17) is 0 Å². The van der Waals surface area contributed by atoms with Crippen molar-refractivity contribution in [3.05, 3.63) is 18.2 Å². The van der Waals surface area contributed by atoms with Gasteiger partial charge in [-0.25, -0.2) is 13.1 Å². The normalized spacial score (nSPS) is 16.8. The third-order valence-electron chi connectivity index (χ3n) is 4.73. The maximum atomic E-state index is 12.9. The van der Waals surface area contributed by atoms with Crippen LogP contribution < -0.4 is 5.32 Å². The highest BCUT2D eigenvalue weighted by molar-refractivity contribution is 7.89. The lowest BCUT2D eigenvalue weighted by atomic mass is 9.97. The topological polar surface area (TPSA) is 97.2 Å². The molecule has 1 aliphatic heterocycles. The predicted molar refractivity (Wildman–Crippen MR) is 98.0 cm³/mol. The largest absolute Gasteiger partial charge is 0.356 e. The number of carbonyl (C=O) groups excluding carboxylic acids is 1. The summed E-state index contributed by atoms with van der Waals surface area (Å²) in [6.07, 6.45) is 2.01. The van der Waals surface area contributed by atoms with Gasteiger partial charge in [0.25, 0.3) is 0 Å². The van der Waals surface area contributed by atoms with Crippen LogP contribution >= 0.6 is 0 Å². The first-order valence-electron chi connectivity index (χ1n) is 9.08. The molecule has 1 amide bonds. The van der Waals surface area contributed by atoms with Crippen molar-refractivity contribution in [3.63, 3.8) is 0 Å². The highest BCUT2D eigenvalue weighted by Crippen LogP contribution is 2.25. The maximum absolute atomic E-state index is 12.9. The molecule has 142 valence electrons. The van der Waals surface area contributed by atoms with Crippen molar-refractivity contribution in [2.75, 3.05) is 19.6 Å². The van der Waals surface area contributed by atoms with Crippen LogP contribution in [-0.2, 0) is 21.4 Å². The molecule has 2 aromatic rings. The molecule has 0 aliphatic carbocycles. The van der Waals surface area contributed by atoms with E-state index in [1.54, 1.807) is 22.9 Å². The van der Waals surface area contributed by atoms with Crippen LogP contribution in [0, 0.1) is 5.92 Å². The average Bonchev–Trinajstić information content (AvgIpc) is 3.05. The number of sulfonamides is 1. The first-order chi connectivity index (χ1) is 12.5. The van der Waals surface area contributed by atoms with Gasteiger partial charge in [0.15, 0.2) is 0 Å². The van der Waals surface area contributed by atoms with E-state index in [9.17, 15) is 13.2 Å². The molecule has 1 aliphatic rings. The van der Waals surface area contributed by atoms with Crippen molar-refractivity contribution in [3.8, 4) is 0 Å². The predicted octanol–water partition coefficient (Wildman–Crippen LogP) is 1.38. The number of nitrogens with zero attached hydrogens (tertiary/aromatic N) is 4. The van der Waals surface area contributed by atoms with E-state index < -0.39 is 10.0 Å². The van der Waals surface area contributed by atoms with Crippen LogP contribution in [0.4, 0.5) is 0 Å². The van der Waals surface area contributed by atoms with Crippen LogP contribution in [0.5, 0.6) is 0 Å². The third-order valence-corrected chi connectivity index (χ3v) is 6.63. The first-order valence-corrected chi connectivity index (χ1v) is 10.5. The lowest BCUT2D eigenvalue weighted by molar-refractivity contribution is -0.126. The van der Waals surface area contributed by atoms with Gasteiger partial charge in [-0.05, 0) is 44.4 Å². The van der Waals surface area contributed by atoms with Gasteiger partial charge in [-0.2, -0.15) is 4.31 Å². The Hall–Kier alpha value is -2.00. The summed E-state index contributed by atoms with van der Waals surface area (Å²) in [7, 11) is -3.59. The molecule has 0 unspecified atom stereocenters. The van der Waals surface area contributed by atoms with Crippen molar-refractivity contribution in [2.45, 2.75) is 44.6 Å². The number of benzene rings is 1. The van der Waals surface area contributed by atoms with Gasteiger partial charge in [0, 0.05) is 32.1 Å². The van der Waals surface area contributed by atoms with Gasteiger partial charge < -0.3 is 5.32 Å². The lowest BCUT2D eigenvalue weighted by Crippen LogP contribution is -2.42. The molecule has 0 atom stereocenters. The minimum absolute atomic E-state index is 0.0125. The van der Waals surface area contributed by atoms with Crippen LogP contribution in [0.3, 0.4) is 0 Å². The zero-order valence-corrected chi connectivity index (χ0v) is 16.0. The Morgan fingerprint density at radius 3 is 2.65 bits per heavy atom. The summed E-state index contributed by atoms with van der Waals surface area (Å²) in [6, 6.07) is 4.96. The number of hydrogen-bond donors (Lipinski definition) is 1. The number of aromatic nitrogens is 3. The molecule has 0 spiro atoms. The Kier molecular flexibility index (Phi) is 5.57. The van der Waals surface area contributed by atoms with Gasteiger partial charge >= 0.3 is 0 Å². The molecular formula is C17H25N5O3S. The standard InChI is InChI=1S/C17H25N5O3S/c1-3-9-22-16-6-5-14(12-15(16)19-20-22)26(24,25)21-10-7-13(8-11-21)17(23)18-4-2/h5-6,12-13H,3-4,7-11H2,1-2H3,(H,18,23). The number of nitrogens with one attached hydrogen (secondary N) is 1. The zero-order valence-electron chi connectivity index (χ0n) is 15.2. The molecule has 1 aromatic carbocycles. The monoisotopic (exact) mass is 379 g/mol. The molecule has 0 radical (unpaired) electrons. The van der Waals surface area contributed by atoms with E-state index in [0.29, 0.717) is 38.0 Å². The van der Waals surface area contributed by atoms with Crippen LogP contribution in [-0.4, -0.2) is 53.3 Å². The van der Waals surface area contributed by atoms with E-state index in [2.05, 4.69) is 22.6 Å². The van der Waals surface area contributed by atoms with Gasteiger partial charge in [-0.15, -0.1) is 5.10 Å². The van der Waals surface area contributed by atoms with Gasteiger partial charge in [0.2, 0.25) is 15.9 Å². The Bertz CT molecular complexity index is 885.